The smallest absolute Gasteiger partial charge is 0.338 e. The van der Waals surface area contributed by atoms with Crippen LogP contribution in [0.1, 0.15) is 10.4 Å². The second kappa shape index (κ2) is 7.71. The number of carbonyl (C=O) groups is 2. The Kier molecular flexibility index (Phi) is 6.26. The number of aliphatic hydroxyl groups excluding tert-OH is 4. The van der Waals surface area contributed by atoms with E-state index in [4.69, 9.17) is 9.84 Å². The van der Waals surface area contributed by atoms with Crippen molar-refractivity contribution in [2.24, 2.45) is 0 Å². The fraction of sp³-hybridized carbons (Fsp3) is 0.385. The monoisotopic (exact) mass is 284 g/mol. The van der Waals surface area contributed by atoms with Crippen LogP contribution in [-0.2, 0) is 9.53 Å². The van der Waals surface area contributed by atoms with Gasteiger partial charge in [-0.1, -0.05) is 18.2 Å². The molecule has 0 amide bonds. The first kappa shape index (κ1) is 16.3. The zero-order valence-corrected chi connectivity index (χ0v) is 10.5. The highest BCUT2D eigenvalue weighted by atomic mass is 16.5. The molecule has 1 rings (SSSR count). The molecule has 0 fully saturated rings. The summed E-state index contributed by atoms with van der Waals surface area (Å²) < 4.78 is 4.74. The van der Waals surface area contributed by atoms with Gasteiger partial charge in [-0.05, 0) is 12.1 Å². The van der Waals surface area contributed by atoms with Crippen molar-refractivity contribution < 1.29 is 34.8 Å². The van der Waals surface area contributed by atoms with Gasteiger partial charge in [0, 0.05) is 0 Å². The van der Waals surface area contributed by atoms with Crippen LogP contribution in [-0.4, -0.2) is 63.7 Å². The van der Waals surface area contributed by atoms with Crippen molar-refractivity contribution in [2.75, 3.05) is 6.61 Å². The molecule has 0 spiro atoms. The standard InChI is InChI=1S/C13H16O7/c14-6-9(15)11(17)12(18)10(16)7-20-13(19)8-4-2-1-3-5-8/h1-6,9-12,15-18H,7H2. The van der Waals surface area contributed by atoms with Crippen LogP contribution < -0.4 is 0 Å². The number of esters is 1. The second-order valence-electron chi connectivity index (χ2n) is 4.14. The number of ether oxygens (including phenoxy) is 1. The third-order valence-electron chi connectivity index (χ3n) is 2.63. The highest BCUT2D eigenvalue weighted by Gasteiger charge is 2.30. The topological polar surface area (TPSA) is 124 Å². The number of rotatable bonds is 7. The number of hydrogen-bond donors (Lipinski definition) is 4. The molecular formula is C13H16O7. The summed E-state index contributed by atoms with van der Waals surface area (Å²) in [5.74, 6) is -0.706. The van der Waals surface area contributed by atoms with Crippen LogP contribution in [0.2, 0.25) is 0 Å². The molecule has 4 atom stereocenters. The molecule has 0 heterocycles. The highest BCUT2D eigenvalue weighted by molar-refractivity contribution is 5.89. The van der Waals surface area contributed by atoms with Gasteiger partial charge in [0.15, 0.2) is 6.29 Å². The largest absolute Gasteiger partial charge is 0.459 e. The van der Waals surface area contributed by atoms with E-state index >= 15 is 0 Å². The summed E-state index contributed by atoms with van der Waals surface area (Å²) in [6.07, 6.45) is -7.12. The summed E-state index contributed by atoms with van der Waals surface area (Å²) in [4.78, 5) is 21.8. The number of aldehydes is 1. The molecule has 1 aromatic carbocycles. The van der Waals surface area contributed by atoms with Gasteiger partial charge in [-0.25, -0.2) is 4.79 Å². The van der Waals surface area contributed by atoms with Gasteiger partial charge < -0.3 is 30.0 Å². The van der Waals surface area contributed by atoms with Gasteiger partial charge in [0.2, 0.25) is 0 Å². The van der Waals surface area contributed by atoms with Crippen LogP contribution in [0.3, 0.4) is 0 Å². The van der Waals surface area contributed by atoms with Gasteiger partial charge in [0.05, 0.1) is 5.56 Å². The van der Waals surface area contributed by atoms with E-state index in [1.165, 1.54) is 12.1 Å². The van der Waals surface area contributed by atoms with E-state index in [9.17, 15) is 24.9 Å². The van der Waals surface area contributed by atoms with Crippen molar-refractivity contribution in [3.63, 3.8) is 0 Å². The van der Waals surface area contributed by atoms with Crippen LogP contribution in [0.4, 0.5) is 0 Å². The molecule has 0 radical (unpaired) electrons. The average molecular weight is 284 g/mol. The maximum atomic E-state index is 11.5. The van der Waals surface area contributed by atoms with Crippen molar-refractivity contribution >= 4 is 12.3 Å². The van der Waals surface area contributed by atoms with Gasteiger partial charge in [-0.3, -0.25) is 0 Å². The summed E-state index contributed by atoms with van der Waals surface area (Å²) in [6.45, 7) is -0.586. The lowest BCUT2D eigenvalue weighted by molar-refractivity contribution is -0.136. The third-order valence-corrected chi connectivity index (χ3v) is 2.63. The first-order valence-electron chi connectivity index (χ1n) is 5.87. The second-order valence-corrected chi connectivity index (χ2v) is 4.14. The Labute approximate surface area is 115 Å². The van der Waals surface area contributed by atoms with Crippen molar-refractivity contribution in [3.8, 4) is 0 Å². The van der Waals surface area contributed by atoms with Gasteiger partial charge in [0.1, 0.15) is 31.0 Å². The molecule has 110 valence electrons. The summed E-state index contributed by atoms with van der Waals surface area (Å²) in [5, 5.41) is 37.3. The fourth-order valence-electron chi connectivity index (χ4n) is 1.43. The lowest BCUT2D eigenvalue weighted by Gasteiger charge is -2.23. The maximum absolute atomic E-state index is 11.5. The summed E-state index contributed by atoms with van der Waals surface area (Å²) in [7, 11) is 0. The zero-order valence-electron chi connectivity index (χ0n) is 10.5. The predicted molar refractivity (Wildman–Crippen MR) is 66.8 cm³/mol. The number of aliphatic hydroxyl groups is 4. The first-order valence-corrected chi connectivity index (χ1v) is 5.87. The first-order chi connectivity index (χ1) is 9.47. The Bertz CT molecular complexity index is 434. The normalized spacial score (nSPS) is 16.8. The molecule has 1 aromatic rings. The zero-order chi connectivity index (χ0) is 15.1. The quantitative estimate of drug-likeness (QED) is 0.354. The van der Waals surface area contributed by atoms with Crippen molar-refractivity contribution in [2.45, 2.75) is 24.4 Å². The highest BCUT2D eigenvalue weighted by Crippen LogP contribution is 2.07. The van der Waals surface area contributed by atoms with Crippen molar-refractivity contribution in [1.82, 2.24) is 0 Å². The van der Waals surface area contributed by atoms with Crippen LogP contribution in [0.15, 0.2) is 30.3 Å². The summed E-state index contributed by atoms with van der Waals surface area (Å²) in [6, 6.07) is 8.00. The molecule has 0 saturated carbocycles. The number of benzene rings is 1. The van der Waals surface area contributed by atoms with Crippen molar-refractivity contribution in [1.29, 1.82) is 0 Å². The molecule has 0 saturated heterocycles. The minimum Gasteiger partial charge on any atom is -0.459 e. The van der Waals surface area contributed by atoms with E-state index in [0.29, 0.717) is 0 Å². The molecule has 20 heavy (non-hydrogen) atoms. The van der Waals surface area contributed by atoms with Gasteiger partial charge in [-0.2, -0.15) is 0 Å². The van der Waals surface area contributed by atoms with Crippen LogP contribution in [0.5, 0.6) is 0 Å². The number of hydrogen-bond acceptors (Lipinski definition) is 7. The Hall–Kier alpha value is -1.80. The molecule has 4 N–H and O–H groups in total. The van der Waals surface area contributed by atoms with E-state index in [0.717, 1.165) is 0 Å². The molecule has 7 heteroatoms. The molecule has 0 aliphatic rings. The Morgan fingerprint density at radius 1 is 1.10 bits per heavy atom. The molecule has 0 aliphatic heterocycles. The minimum absolute atomic E-state index is 0.0244. The van der Waals surface area contributed by atoms with Crippen molar-refractivity contribution in [3.05, 3.63) is 35.9 Å². The fourth-order valence-corrected chi connectivity index (χ4v) is 1.43. The molecule has 7 nitrogen and oxygen atoms in total. The van der Waals surface area contributed by atoms with Crippen LogP contribution >= 0.6 is 0 Å². The van der Waals surface area contributed by atoms with Gasteiger partial charge in [0.25, 0.3) is 0 Å². The molecule has 0 bridgehead atoms. The predicted octanol–water partition coefficient (Wildman–Crippen LogP) is -1.51. The lowest BCUT2D eigenvalue weighted by Crippen LogP contribution is -2.46. The Morgan fingerprint density at radius 3 is 2.25 bits per heavy atom. The Morgan fingerprint density at radius 2 is 1.70 bits per heavy atom. The third kappa shape index (κ3) is 4.39. The van der Waals surface area contributed by atoms with Gasteiger partial charge in [-0.15, -0.1) is 0 Å². The maximum Gasteiger partial charge on any atom is 0.338 e. The minimum atomic E-state index is -1.86. The SMILES string of the molecule is O=CC(O)C(O)C(O)C(O)COC(=O)c1ccccc1. The average Bonchev–Trinajstić information content (AvgIpc) is 2.50. The van der Waals surface area contributed by atoms with E-state index in [2.05, 4.69) is 0 Å². The lowest BCUT2D eigenvalue weighted by atomic mass is 10.0. The van der Waals surface area contributed by atoms with E-state index in [1.807, 2.05) is 0 Å². The summed E-state index contributed by atoms with van der Waals surface area (Å²) in [5.41, 5.74) is 0.266. The van der Waals surface area contributed by atoms with E-state index in [1.54, 1.807) is 18.2 Å². The van der Waals surface area contributed by atoms with Gasteiger partial charge >= 0.3 is 5.97 Å². The van der Waals surface area contributed by atoms with Crippen LogP contribution in [0, 0.1) is 0 Å². The molecule has 4 unspecified atom stereocenters. The molecular weight excluding hydrogens is 268 g/mol. The van der Waals surface area contributed by atoms with E-state index in [-0.39, 0.29) is 11.8 Å². The van der Waals surface area contributed by atoms with E-state index < -0.39 is 37.0 Å². The molecule has 0 aromatic heterocycles. The summed E-state index contributed by atoms with van der Waals surface area (Å²) >= 11 is 0. The Balaban J connectivity index is 2.49. The number of carbonyl (C=O) groups excluding carboxylic acids is 2. The van der Waals surface area contributed by atoms with Crippen LogP contribution in [0.25, 0.3) is 0 Å². The molecule has 0 aliphatic carbocycles.